The van der Waals surface area contributed by atoms with Crippen LogP contribution in [0.15, 0.2) is 42.5 Å². The SMILES string of the molecule is CC(O)c1ccc(N(C)Cc2cccc(F)c2)c(Cl)c1. The Morgan fingerprint density at radius 2 is 2.00 bits per heavy atom. The lowest BCUT2D eigenvalue weighted by Crippen LogP contribution is -2.17. The van der Waals surface area contributed by atoms with Gasteiger partial charge in [0.25, 0.3) is 0 Å². The van der Waals surface area contributed by atoms with E-state index in [9.17, 15) is 9.50 Å². The van der Waals surface area contributed by atoms with Crippen molar-refractivity contribution in [1.82, 2.24) is 0 Å². The van der Waals surface area contributed by atoms with E-state index in [1.54, 1.807) is 19.1 Å². The largest absolute Gasteiger partial charge is 0.389 e. The van der Waals surface area contributed by atoms with Crippen molar-refractivity contribution in [1.29, 1.82) is 0 Å². The molecule has 2 nitrogen and oxygen atoms in total. The third-order valence-electron chi connectivity index (χ3n) is 3.17. The first-order valence-electron chi connectivity index (χ1n) is 6.40. The van der Waals surface area contributed by atoms with E-state index in [1.165, 1.54) is 12.1 Å². The Hall–Kier alpha value is -1.58. The fourth-order valence-electron chi connectivity index (χ4n) is 2.09. The highest BCUT2D eigenvalue weighted by molar-refractivity contribution is 6.33. The minimum absolute atomic E-state index is 0.244. The molecule has 2 rings (SSSR count). The lowest BCUT2D eigenvalue weighted by Gasteiger charge is -2.21. The fourth-order valence-corrected chi connectivity index (χ4v) is 2.42. The number of aliphatic hydroxyl groups is 1. The van der Waals surface area contributed by atoms with E-state index in [1.807, 2.05) is 30.1 Å². The summed E-state index contributed by atoms with van der Waals surface area (Å²) in [6.07, 6.45) is -0.546. The van der Waals surface area contributed by atoms with Crippen LogP contribution in [0.5, 0.6) is 0 Å². The summed E-state index contributed by atoms with van der Waals surface area (Å²) in [6, 6.07) is 12.0. The second-order valence-electron chi connectivity index (χ2n) is 4.87. The molecule has 0 aliphatic rings. The lowest BCUT2D eigenvalue weighted by atomic mass is 10.1. The number of anilines is 1. The van der Waals surface area contributed by atoms with Crippen LogP contribution in [0.1, 0.15) is 24.2 Å². The van der Waals surface area contributed by atoms with Gasteiger partial charge >= 0.3 is 0 Å². The average molecular weight is 294 g/mol. The summed E-state index contributed by atoms with van der Waals surface area (Å²) >= 11 is 6.24. The highest BCUT2D eigenvalue weighted by Crippen LogP contribution is 2.29. The van der Waals surface area contributed by atoms with Gasteiger partial charge < -0.3 is 10.0 Å². The van der Waals surface area contributed by atoms with E-state index in [4.69, 9.17) is 11.6 Å². The Morgan fingerprint density at radius 3 is 2.60 bits per heavy atom. The smallest absolute Gasteiger partial charge is 0.123 e. The van der Waals surface area contributed by atoms with Gasteiger partial charge in [0.05, 0.1) is 16.8 Å². The van der Waals surface area contributed by atoms with Crippen LogP contribution in [0.2, 0.25) is 5.02 Å². The lowest BCUT2D eigenvalue weighted by molar-refractivity contribution is 0.199. The van der Waals surface area contributed by atoms with Gasteiger partial charge in [-0.1, -0.05) is 29.8 Å². The molecule has 20 heavy (non-hydrogen) atoms. The van der Waals surface area contributed by atoms with E-state index in [0.29, 0.717) is 11.6 Å². The molecule has 0 bridgehead atoms. The molecule has 0 fully saturated rings. The molecule has 0 radical (unpaired) electrons. The van der Waals surface area contributed by atoms with E-state index in [0.717, 1.165) is 16.8 Å². The van der Waals surface area contributed by atoms with Gasteiger partial charge in [0.15, 0.2) is 0 Å². The second kappa shape index (κ2) is 6.25. The molecule has 4 heteroatoms. The zero-order chi connectivity index (χ0) is 14.7. The highest BCUT2D eigenvalue weighted by Gasteiger charge is 2.10. The zero-order valence-corrected chi connectivity index (χ0v) is 12.2. The Kier molecular flexibility index (Phi) is 4.63. The average Bonchev–Trinajstić information content (AvgIpc) is 2.38. The molecule has 0 amide bonds. The maximum absolute atomic E-state index is 13.2. The quantitative estimate of drug-likeness (QED) is 0.914. The predicted molar refractivity (Wildman–Crippen MR) is 80.6 cm³/mol. The molecule has 2 aromatic rings. The van der Waals surface area contributed by atoms with Gasteiger partial charge in [-0.15, -0.1) is 0 Å². The molecule has 0 aliphatic heterocycles. The summed E-state index contributed by atoms with van der Waals surface area (Å²) in [5, 5.41) is 10.1. The van der Waals surface area contributed by atoms with Gasteiger partial charge in [-0.2, -0.15) is 0 Å². The van der Waals surface area contributed by atoms with Crippen LogP contribution in [0.3, 0.4) is 0 Å². The summed E-state index contributed by atoms with van der Waals surface area (Å²) in [5.74, 6) is -0.244. The first-order chi connectivity index (χ1) is 9.47. The minimum Gasteiger partial charge on any atom is -0.389 e. The molecule has 2 aromatic carbocycles. The first kappa shape index (κ1) is 14.8. The normalized spacial score (nSPS) is 12.2. The third-order valence-corrected chi connectivity index (χ3v) is 3.48. The van der Waals surface area contributed by atoms with Gasteiger partial charge in [-0.3, -0.25) is 0 Å². The number of benzene rings is 2. The molecule has 0 aromatic heterocycles. The first-order valence-corrected chi connectivity index (χ1v) is 6.78. The van der Waals surface area contributed by atoms with Crippen LogP contribution in [0, 0.1) is 5.82 Å². The molecule has 106 valence electrons. The Labute approximate surface area is 123 Å². The van der Waals surface area contributed by atoms with E-state index in [2.05, 4.69) is 0 Å². The number of rotatable bonds is 4. The van der Waals surface area contributed by atoms with E-state index < -0.39 is 6.10 Å². The minimum atomic E-state index is -0.546. The van der Waals surface area contributed by atoms with Gasteiger partial charge in [-0.05, 0) is 42.3 Å². The monoisotopic (exact) mass is 293 g/mol. The molecular formula is C16H17ClFNO. The van der Waals surface area contributed by atoms with Crippen LogP contribution in [0.4, 0.5) is 10.1 Å². The topological polar surface area (TPSA) is 23.5 Å². The van der Waals surface area contributed by atoms with Crippen molar-refractivity contribution >= 4 is 17.3 Å². The number of nitrogens with zero attached hydrogens (tertiary/aromatic N) is 1. The molecule has 1 atom stereocenters. The molecule has 0 spiro atoms. The Balaban J connectivity index is 2.19. The molecule has 0 aliphatic carbocycles. The Bertz CT molecular complexity index is 601. The van der Waals surface area contributed by atoms with Crippen LogP contribution in [-0.4, -0.2) is 12.2 Å². The summed E-state index contributed by atoms with van der Waals surface area (Å²) in [5.41, 5.74) is 2.50. The maximum Gasteiger partial charge on any atom is 0.123 e. The van der Waals surface area contributed by atoms with Crippen molar-refractivity contribution in [2.24, 2.45) is 0 Å². The molecule has 0 heterocycles. The number of halogens is 2. The van der Waals surface area contributed by atoms with Crippen LogP contribution >= 0.6 is 11.6 Å². The number of hydrogen-bond acceptors (Lipinski definition) is 2. The highest BCUT2D eigenvalue weighted by atomic mass is 35.5. The van der Waals surface area contributed by atoms with Crippen molar-refractivity contribution in [3.8, 4) is 0 Å². The molecule has 0 saturated heterocycles. The fraction of sp³-hybridized carbons (Fsp3) is 0.250. The second-order valence-corrected chi connectivity index (χ2v) is 5.28. The molecule has 0 saturated carbocycles. The molecule has 1 unspecified atom stereocenters. The van der Waals surface area contributed by atoms with Gasteiger partial charge in [-0.25, -0.2) is 4.39 Å². The molecular weight excluding hydrogens is 277 g/mol. The van der Waals surface area contributed by atoms with Crippen molar-refractivity contribution in [2.45, 2.75) is 19.6 Å². The van der Waals surface area contributed by atoms with Crippen molar-refractivity contribution in [3.05, 3.63) is 64.4 Å². The standard InChI is InChI=1S/C16H17ClFNO/c1-11(20)13-6-7-16(15(17)9-13)19(2)10-12-4-3-5-14(18)8-12/h3-9,11,20H,10H2,1-2H3. The number of hydrogen-bond donors (Lipinski definition) is 1. The van der Waals surface area contributed by atoms with Crippen LogP contribution < -0.4 is 4.90 Å². The predicted octanol–water partition coefficient (Wildman–Crippen LogP) is 4.17. The van der Waals surface area contributed by atoms with Crippen molar-refractivity contribution in [2.75, 3.05) is 11.9 Å². The maximum atomic E-state index is 13.2. The van der Waals surface area contributed by atoms with Crippen molar-refractivity contribution in [3.63, 3.8) is 0 Å². The van der Waals surface area contributed by atoms with E-state index >= 15 is 0 Å². The summed E-state index contributed by atoms with van der Waals surface area (Å²) in [4.78, 5) is 1.95. The van der Waals surface area contributed by atoms with E-state index in [-0.39, 0.29) is 5.82 Å². The third kappa shape index (κ3) is 3.50. The van der Waals surface area contributed by atoms with Crippen molar-refractivity contribution < 1.29 is 9.50 Å². The number of aliphatic hydroxyl groups excluding tert-OH is 1. The van der Waals surface area contributed by atoms with Crippen LogP contribution in [0.25, 0.3) is 0 Å². The van der Waals surface area contributed by atoms with Gasteiger partial charge in [0.1, 0.15) is 5.82 Å². The summed E-state index contributed by atoms with van der Waals surface area (Å²) in [7, 11) is 1.90. The summed E-state index contributed by atoms with van der Waals surface area (Å²) in [6.45, 7) is 2.26. The molecule has 1 N–H and O–H groups in total. The zero-order valence-electron chi connectivity index (χ0n) is 11.5. The van der Waals surface area contributed by atoms with Crippen LogP contribution in [-0.2, 0) is 6.54 Å². The van der Waals surface area contributed by atoms with Gasteiger partial charge in [0, 0.05) is 13.6 Å². The summed E-state index contributed by atoms with van der Waals surface area (Å²) < 4.78 is 13.2. The van der Waals surface area contributed by atoms with Gasteiger partial charge in [0.2, 0.25) is 0 Å². The Morgan fingerprint density at radius 1 is 1.25 bits per heavy atom.